The minimum absolute atomic E-state index is 0.216. The van der Waals surface area contributed by atoms with E-state index in [1.165, 1.54) is 6.07 Å². The molecule has 0 saturated carbocycles. The summed E-state index contributed by atoms with van der Waals surface area (Å²) in [5.41, 5.74) is 4.88. The molecule has 1 amide bonds. The first kappa shape index (κ1) is 14.5. The van der Waals surface area contributed by atoms with E-state index in [0.717, 1.165) is 0 Å². The second-order valence-corrected chi connectivity index (χ2v) is 4.21. The van der Waals surface area contributed by atoms with Crippen LogP contribution in [0, 0.1) is 5.82 Å². The fourth-order valence-electron chi connectivity index (χ4n) is 1.20. The van der Waals surface area contributed by atoms with Gasteiger partial charge in [-0.15, -0.1) is 10.2 Å². The van der Waals surface area contributed by atoms with Crippen molar-refractivity contribution in [1.29, 1.82) is 0 Å². The summed E-state index contributed by atoms with van der Waals surface area (Å²) in [7, 11) is 3.25. The summed E-state index contributed by atoms with van der Waals surface area (Å²) in [6, 6.07) is 4.83. The highest BCUT2D eigenvalue weighted by atomic mass is 79.9. The molecular weight excluding hydrogens is 305 g/mol. The van der Waals surface area contributed by atoms with Crippen molar-refractivity contribution in [3.63, 3.8) is 0 Å². The molecule has 1 aromatic carbocycles. The van der Waals surface area contributed by atoms with Crippen LogP contribution >= 0.6 is 15.9 Å². The van der Waals surface area contributed by atoms with Crippen LogP contribution < -0.4 is 5.73 Å². The van der Waals surface area contributed by atoms with E-state index in [2.05, 4.69) is 30.9 Å². The van der Waals surface area contributed by atoms with Gasteiger partial charge in [-0.1, -0.05) is 15.9 Å². The number of fused-ring (bicyclic) bond motifs is 1. The Balaban J connectivity index is 0.000000492. The first-order valence-electron chi connectivity index (χ1n) is 4.82. The summed E-state index contributed by atoms with van der Waals surface area (Å²) in [4.78, 5) is 10.8. The van der Waals surface area contributed by atoms with Crippen LogP contribution in [-0.4, -0.2) is 30.3 Å². The topological polar surface area (TPSA) is 78.1 Å². The first-order chi connectivity index (χ1) is 8.51. The number of nitrogens with zero attached hydrogens (tertiary/aromatic N) is 2. The quantitative estimate of drug-likeness (QED) is 0.871. The molecule has 0 bridgehead atoms. The van der Waals surface area contributed by atoms with Crippen LogP contribution in [0.3, 0.4) is 0 Å². The van der Waals surface area contributed by atoms with Gasteiger partial charge in [0, 0.05) is 24.1 Å². The molecular formula is C11H11BrFN3O2. The highest BCUT2D eigenvalue weighted by Gasteiger charge is 2.14. The predicted molar refractivity (Wildman–Crippen MR) is 68.6 cm³/mol. The van der Waals surface area contributed by atoms with Crippen molar-refractivity contribution in [3.05, 3.63) is 34.2 Å². The van der Waals surface area contributed by atoms with Crippen LogP contribution in [0.15, 0.2) is 22.7 Å². The van der Waals surface area contributed by atoms with Gasteiger partial charge in [0.25, 0.3) is 5.91 Å². The van der Waals surface area contributed by atoms with E-state index >= 15 is 0 Å². The molecule has 96 valence electrons. The molecule has 0 saturated heterocycles. The molecule has 0 radical (unpaired) electrons. The molecule has 2 aromatic rings. The smallest absolute Gasteiger partial charge is 0.272 e. The van der Waals surface area contributed by atoms with Gasteiger partial charge in [-0.3, -0.25) is 4.79 Å². The van der Waals surface area contributed by atoms with Crippen molar-refractivity contribution in [3.8, 4) is 0 Å². The number of rotatable bonds is 1. The van der Waals surface area contributed by atoms with Gasteiger partial charge < -0.3 is 10.5 Å². The number of hydrogen-bond donors (Lipinski definition) is 1. The molecule has 0 fully saturated rings. The number of carbonyl (C=O) groups excluding carboxylic acids is 1. The second kappa shape index (κ2) is 6.36. The summed E-state index contributed by atoms with van der Waals surface area (Å²) in [5, 5.41) is 7.33. The fraction of sp³-hybridized carbons (Fsp3) is 0.182. The minimum Gasteiger partial charge on any atom is -0.388 e. The number of primary amides is 1. The third kappa shape index (κ3) is 3.21. The van der Waals surface area contributed by atoms with Gasteiger partial charge in [0.2, 0.25) is 0 Å². The molecule has 2 N–H and O–H groups in total. The highest BCUT2D eigenvalue weighted by Crippen LogP contribution is 2.21. The number of nitrogens with two attached hydrogens (primary N) is 1. The van der Waals surface area contributed by atoms with Gasteiger partial charge in [0.15, 0.2) is 11.5 Å². The van der Waals surface area contributed by atoms with E-state index in [1.54, 1.807) is 26.4 Å². The van der Waals surface area contributed by atoms with E-state index in [4.69, 9.17) is 5.73 Å². The van der Waals surface area contributed by atoms with Crippen LogP contribution in [0.1, 0.15) is 10.5 Å². The zero-order valence-electron chi connectivity index (χ0n) is 9.78. The van der Waals surface area contributed by atoms with Crippen molar-refractivity contribution in [1.82, 2.24) is 10.2 Å². The van der Waals surface area contributed by atoms with Crippen molar-refractivity contribution < 1.29 is 13.9 Å². The Bertz CT molecular complexity index is 577. The van der Waals surface area contributed by atoms with Gasteiger partial charge in [0.05, 0.1) is 5.52 Å². The first-order valence-corrected chi connectivity index (χ1v) is 5.62. The van der Waals surface area contributed by atoms with Gasteiger partial charge in [-0.25, -0.2) is 4.39 Å². The van der Waals surface area contributed by atoms with Crippen LogP contribution in [0.5, 0.6) is 0 Å². The third-order valence-electron chi connectivity index (χ3n) is 1.89. The van der Waals surface area contributed by atoms with Gasteiger partial charge >= 0.3 is 0 Å². The zero-order valence-corrected chi connectivity index (χ0v) is 11.4. The number of methoxy groups -OCH3 is 1. The van der Waals surface area contributed by atoms with E-state index in [9.17, 15) is 9.18 Å². The van der Waals surface area contributed by atoms with E-state index < -0.39 is 17.4 Å². The number of aromatic nitrogens is 2. The molecule has 0 aliphatic carbocycles. The molecule has 5 nitrogen and oxygen atoms in total. The summed E-state index contributed by atoms with van der Waals surface area (Å²) in [6.45, 7) is 0. The summed E-state index contributed by atoms with van der Waals surface area (Å²) in [6.07, 6.45) is 0. The van der Waals surface area contributed by atoms with Gasteiger partial charge in [0.1, 0.15) is 0 Å². The Labute approximate surface area is 111 Å². The average Bonchev–Trinajstić information content (AvgIpc) is 2.31. The minimum atomic E-state index is -0.929. The Morgan fingerprint density at radius 3 is 2.56 bits per heavy atom. The fourth-order valence-corrected chi connectivity index (χ4v) is 1.57. The van der Waals surface area contributed by atoms with E-state index in [-0.39, 0.29) is 5.39 Å². The van der Waals surface area contributed by atoms with Crippen LogP contribution in [0.2, 0.25) is 0 Å². The Hall–Kier alpha value is -1.60. The Morgan fingerprint density at radius 1 is 1.39 bits per heavy atom. The van der Waals surface area contributed by atoms with Crippen molar-refractivity contribution in [2.75, 3.05) is 14.2 Å². The largest absolute Gasteiger partial charge is 0.388 e. The molecule has 0 aliphatic rings. The van der Waals surface area contributed by atoms with Crippen LogP contribution in [-0.2, 0) is 4.74 Å². The molecule has 7 heteroatoms. The number of halogens is 2. The van der Waals surface area contributed by atoms with Crippen LogP contribution in [0.4, 0.5) is 4.39 Å². The number of hydrogen-bond acceptors (Lipinski definition) is 4. The maximum Gasteiger partial charge on any atom is 0.272 e. The highest BCUT2D eigenvalue weighted by molar-refractivity contribution is 9.10. The van der Waals surface area contributed by atoms with E-state index in [0.29, 0.717) is 9.99 Å². The molecule has 0 aliphatic heterocycles. The van der Waals surface area contributed by atoms with Gasteiger partial charge in [-0.05, 0) is 18.2 Å². The monoisotopic (exact) mass is 315 g/mol. The lowest BCUT2D eigenvalue weighted by Gasteiger charge is -2.01. The molecule has 2 rings (SSSR count). The summed E-state index contributed by atoms with van der Waals surface area (Å²) >= 11 is 3.20. The van der Waals surface area contributed by atoms with E-state index in [1.807, 2.05) is 0 Å². The molecule has 0 unspecified atom stereocenters. The second-order valence-electron chi connectivity index (χ2n) is 3.30. The lowest BCUT2D eigenvalue weighted by Crippen LogP contribution is -2.16. The number of carbonyl (C=O) groups is 1. The summed E-state index contributed by atoms with van der Waals surface area (Å²) in [5.74, 6) is -1.67. The lowest BCUT2D eigenvalue weighted by atomic mass is 10.2. The Kier molecular flexibility index (Phi) is 5.11. The third-order valence-corrected chi connectivity index (χ3v) is 2.39. The molecule has 0 atom stereocenters. The summed E-state index contributed by atoms with van der Waals surface area (Å²) < 4.78 is 18.6. The molecule has 0 spiro atoms. The number of benzene rings is 1. The molecule has 18 heavy (non-hydrogen) atoms. The molecule has 1 aromatic heterocycles. The van der Waals surface area contributed by atoms with Crippen LogP contribution in [0.25, 0.3) is 10.9 Å². The normalized spacial score (nSPS) is 9.78. The standard InChI is InChI=1S/C9H5BrFN3O.C2H6O/c10-4-1-2-6-5(3-4)7(11)8(9(12)15)14-13-6;1-3-2/h1-3H,(H2,12,15);1-2H3. The lowest BCUT2D eigenvalue weighted by molar-refractivity contribution is 0.0990. The van der Waals surface area contributed by atoms with Crippen molar-refractivity contribution >= 4 is 32.7 Å². The SMILES string of the molecule is COC.NC(=O)c1nnc2ccc(Br)cc2c1F. The molecule has 1 heterocycles. The number of amides is 1. The van der Waals surface area contributed by atoms with Crippen molar-refractivity contribution in [2.45, 2.75) is 0 Å². The van der Waals surface area contributed by atoms with Gasteiger partial charge in [-0.2, -0.15) is 0 Å². The zero-order chi connectivity index (χ0) is 13.7. The van der Waals surface area contributed by atoms with Crippen molar-refractivity contribution in [2.24, 2.45) is 5.73 Å². The number of ether oxygens (including phenoxy) is 1. The maximum absolute atomic E-state index is 13.7. The average molecular weight is 316 g/mol. The Morgan fingerprint density at radius 2 is 2.00 bits per heavy atom. The maximum atomic E-state index is 13.7. The predicted octanol–water partition coefficient (Wildman–Crippen LogP) is 1.89.